The van der Waals surface area contributed by atoms with Crippen molar-refractivity contribution in [1.29, 1.82) is 0 Å². The highest BCUT2D eigenvalue weighted by Crippen LogP contribution is 2.34. The molecule has 1 radical (unpaired) electrons. The third kappa shape index (κ3) is 2.98. The number of hydrogen-bond acceptors (Lipinski definition) is 6. The van der Waals surface area contributed by atoms with Crippen molar-refractivity contribution in [3.8, 4) is 17.0 Å². The Morgan fingerprint density at radius 2 is 1.90 bits per heavy atom. The zero-order valence-corrected chi connectivity index (χ0v) is 16.6. The monoisotopic (exact) mass is 403 g/mol. The molecule has 5 rings (SSSR count). The van der Waals surface area contributed by atoms with Crippen LogP contribution >= 0.6 is 0 Å². The number of benzene rings is 2. The smallest absolute Gasteiger partial charge is 0.157 e. The molecule has 0 spiro atoms. The number of hydrogen-bond donors (Lipinski definition) is 3. The van der Waals surface area contributed by atoms with E-state index in [-0.39, 0.29) is 12.0 Å². The van der Waals surface area contributed by atoms with Gasteiger partial charge < -0.3 is 20.3 Å². The molecule has 0 bridgehead atoms. The van der Waals surface area contributed by atoms with E-state index in [1.54, 1.807) is 17.8 Å². The lowest BCUT2D eigenvalue weighted by Crippen LogP contribution is -2.35. The van der Waals surface area contributed by atoms with E-state index in [0.29, 0.717) is 17.9 Å². The van der Waals surface area contributed by atoms with Crippen LogP contribution in [0.2, 0.25) is 0 Å². The fraction of sp³-hybridized carbons (Fsp3) is 0.261. The van der Waals surface area contributed by atoms with Gasteiger partial charge in [-0.15, -0.1) is 0 Å². The highest BCUT2D eigenvalue weighted by atomic mass is 16.5. The van der Waals surface area contributed by atoms with Gasteiger partial charge in [0.25, 0.3) is 0 Å². The number of nitrogens with one attached hydrogen (secondary N) is 1. The molecule has 1 aliphatic carbocycles. The number of rotatable bonds is 4. The Bertz CT molecular complexity index is 1220. The van der Waals surface area contributed by atoms with Crippen LogP contribution in [-0.4, -0.2) is 50.2 Å². The van der Waals surface area contributed by atoms with Crippen molar-refractivity contribution in [3.05, 3.63) is 61.7 Å². The first-order valence-electron chi connectivity index (χ1n) is 9.93. The second-order valence-corrected chi connectivity index (χ2v) is 7.72. The van der Waals surface area contributed by atoms with Crippen molar-refractivity contribution in [2.45, 2.75) is 24.7 Å². The van der Waals surface area contributed by atoms with Crippen LogP contribution in [-0.2, 0) is 0 Å². The Balaban J connectivity index is 1.57. The van der Waals surface area contributed by atoms with Gasteiger partial charge in [0.15, 0.2) is 5.65 Å². The fourth-order valence-corrected chi connectivity index (χ4v) is 4.27. The van der Waals surface area contributed by atoms with E-state index in [0.717, 1.165) is 27.8 Å². The summed E-state index contributed by atoms with van der Waals surface area (Å²) >= 11 is 0. The highest BCUT2D eigenvalue weighted by molar-refractivity contribution is 5.99. The molecular formula is C23H23N4O3. The SMILES string of the molecule is [CH2][C@@H]1C[C@@H](Nc2ccnc3cc(-c4ccc(OC)c5ccccc45)nn23)[C@H](O)[C@@H]1O. The first kappa shape index (κ1) is 18.8. The van der Waals surface area contributed by atoms with Crippen LogP contribution < -0.4 is 10.1 Å². The molecule has 2 heterocycles. The average molecular weight is 403 g/mol. The standard InChI is InChI=1S/C23H23N4O3/c1-13-11-18(23(29)22(13)28)25-20-9-10-24-21-12-17(26-27(20)21)15-7-8-19(30-2)16-6-4-3-5-14(15)16/h3-10,12-13,18,22-23,25,28-29H,1,11H2,2H3/t13-,18-,22-,23+/m1/s1. The number of methoxy groups -OCH3 is 1. The van der Waals surface area contributed by atoms with Crippen LogP contribution in [0.4, 0.5) is 5.82 Å². The van der Waals surface area contributed by atoms with Crippen molar-refractivity contribution in [1.82, 2.24) is 14.6 Å². The maximum absolute atomic E-state index is 10.3. The molecule has 4 atom stereocenters. The molecule has 0 unspecified atom stereocenters. The van der Waals surface area contributed by atoms with Crippen molar-refractivity contribution in [2.24, 2.45) is 5.92 Å². The number of aromatic nitrogens is 3. The van der Waals surface area contributed by atoms with Crippen LogP contribution in [0, 0.1) is 12.8 Å². The molecule has 30 heavy (non-hydrogen) atoms. The Labute approximate surface area is 173 Å². The van der Waals surface area contributed by atoms with Crippen molar-refractivity contribution in [3.63, 3.8) is 0 Å². The lowest BCUT2D eigenvalue weighted by atomic mass is 10.0. The Kier molecular flexibility index (Phi) is 4.56. The first-order valence-corrected chi connectivity index (χ1v) is 9.93. The summed E-state index contributed by atoms with van der Waals surface area (Å²) in [6, 6.07) is 15.4. The minimum Gasteiger partial charge on any atom is -0.496 e. The number of aliphatic hydroxyl groups excluding tert-OH is 2. The molecule has 3 N–H and O–H groups in total. The Morgan fingerprint density at radius 3 is 2.63 bits per heavy atom. The molecule has 7 nitrogen and oxygen atoms in total. The van der Waals surface area contributed by atoms with Gasteiger partial charge in [0, 0.05) is 23.2 Å². The number of aliphatic hydroxyl groups is 2. The maximum Gasteiger partial charge on any atom is 0.157 e. The zero-order valence-electron chi connectivity index (χ0n) is 16.6. The van der Waals surface area contributed by atoms with E-state index in [4.69, 9.17) is 9.84 Å². The predicted octanol–water partition coefficient (Wildman–Crippen LogP) is 2.91. The van der Waals surface area contributed by atoms with Crippen molar-refractivity contribution in [2.75, 3.05) is 12.4 Å². The normalized spacial score (nSPS) is 23.9. The minimum atomic E-state index is -0.878. The summed E-state index contributed by atoms with van der Waals surface area (Å²) in [5.74, 6) is 1.30. The lowest BCUT2D eigenvalue weighted by molar-refractivity contribution is 0.0256. The summed E-state index contributed by atoms with van der Waals surface area (Å²) < 4.78 is 7.23. The Morgan fingerprint density at radius 1 is 1.10 bits per heavy atom. The summed E-state index contributed by atoms with van der Waals surface area (Å²) in [5.41, 5.74) is 2.46. The van der Waals surface area contributed by atoms with E-state index >= 15 is 0 Å². The van der Waals surface area contributed by atoms with Crippen LogP contribution in [0.5, 0.6) is 5.75 Å². The number of ether oxygens (including phenoxy) is 1. The Hall–Kier alpha value is -3.16. The molecular weight excluding hydrogens is 380 g/mol. The number of fused-ring (bicyclic) bond motifs is 2. The van der Waals surface area contributed by atoms with Gasteiger partial charge in [0.05, 0.1) is 24.9 Å². The van der Waals surface area contributed by atoms with Crippen LogP contribution in [0.15, 0.2) is 54.7 Å². The topological polar surface area (TPSA) is 91.9 Å². The molecule has 0 saturated heterocycles. The van der Waals surface area contributed by atoms with Gasteiger partial charge in [0.1, 0.15) is 17.7 Å². The van der Waals surface area contributed by atoms with E-state index in [2.05, 4.69) is 23.3 Å². The first-order chi connectivity index (χ1) is 14.6. The minimum absolute atomic E-state index is 0.214. The molecule has 153 valence electrons. The summed E-state index contributed by atoms with van der Waals surface area (Å²) in [6.07, 6.45) is 0.563. The quantitative estimate of drug-likeness (QED) is 0.485. The van der Waals surface area contributed by atoms with Crippen LogP contribution in [0.3, 0.4) is 0 Å². The second-order valence-electron chi connectivity index (χ2n) is 7.72. The molecule has 4 aromatic rings. The molecule has 1 saturated carbocycles. The molecule has 2 aromatic heterocycles. The van der Waals surface area contributed by atoms with Crippen LogP contribution in [0.25, 0.3) is 27.7 Å². The summed E-state index contributed by atoms with van der Waals surface area (Å²) in [7, 11) is 1.67. The zero-order chi connectivity index (χ0) is 20.8. The predicted molar refractivity (Wildman–Crippen MR) is 115 cm³/mol. The van der Waals surface area contributed by atoms with Crippen LogP contribution in [0.1, 0.15) is 6.42 Å². The molecule has 2 aromatic carbocycles. The van der Waals surface area contributed by atoms with E-state index in [1.807, 2.05) is 42.5 Å². The number of nitrogens with zero attached hydrogens (tertiary/aromatic N) is 3. The second kappa shape index (κ2) is 7.27. The van der Waals surface area contributed by atoms with Gasteiger partial charge in [-0.05, 0) is 42.8 Å². The third-order valence-corrected chi connectivity index (χ3v) is 5.87. The summed E-state index contributed by atoms with van der Waals surface area (Å²) in [5, 5.41) is 30.5. The average Bonchev–Trinajstić information content (AvgIpc) is 3.30. The van der Waals surface area contributed by atoms with Crippen molar-refractivity contribution >= 4 is 22.2 Å². The van der Waals surface area contributed by atoms with Gasteiger partial charge in [0.2, 0.25) is 0 Å². The van der Waals surface area contributed by atoms with Crippen molar-refractivity contribution < 1.29 is 14.9 Å². The molecule has 0 amide bonds. The van der Waals surface area contributed by atoms with Gasteiger partial charge in [-0.2, -0.15) is 9.61 Å². The summed E-state index contributed by atoms with van der Waals surface area (Å²) in [6.45, 7) is 3.91. The summed E-state index contributed by atoms with van der Waals surface area (Å²) in [4.78, 5) is 4.44. The third-order valence-electron chi connectivity index (χ3n) is 5.87. The van der Waals surface area contributed by atoms with Gasteiger partial charge in [-0.1, -0.05) is 24.3 Å². The molecule has 7 heteroatoms. The van der Waals surface area contributed by atoms with Gasteiger partial charge in [-0.3, -0.25) is 0 Å². The largest absolute Gasteiger partial charge is 0.496 e. The lowest BCUT2D eigenvalue weighted by Gasteiger charge is -2.19. The fourth-order valence-electron chi connectivity index (χ4n) is 4.27. The molecule has 1 fully saturated rings. The number of anilines is 1. The van der Waals surface area contributed by atoms with E-state index in [1.165, 1.54) is 0 Å². The maximum atomic E-state index is 10.3. The van der Waals surface area contributed by atoms with E-state index in [9.17, 15) is 10.2 Å². The van der Waals surface area contributed by atoms with E-state index < -0.39 is 12.2 Å². The molecule has 1 aliphatic rings. The van der Waals surface area contributed by atoms with Gasteiger partial charge >= 0.3 is 0 Å². The van der Waals surface area contributed by atoms with Gasteiger partial charge in [-0.25, -0.2) is 4.98 Å². The highest BCUT2D eigenvalue weighted by Gasteiger charge is 2.39. The molecule has 0 aliphatic heterocycles.